The molecular weight excluding hydrogens is 680 g/mol. The highest BCUT2D eigenvalue weighted by Crippen LogP contribution is 2.70. The van der Waals surface area contributed by atoms with Crippen molar-refractivity contribution in [1.82, 2.24) is 0 Å². The lowest BCUT2D eigenvalue weighted by atomic mass is 9.50. The van der Waals surface area contributed by atoms with E-state index in [1.807, 2.05) is 66.7 Å². The van der Waals surface area contributed by atoms with Crippen molar-refractivity contribution in [3.8, 4) is 0 Å². The molecule has 3 aromatic rings. The van der Waals surface area contributed by atoms with E-state index in [1.54, 1.807) is 5.57 Å². The molecule has 0 bridgehead atoms. The van der Waals surface area contributed by atoms with Crippen LogP contribution in [0.5, 0.6) is 0 Å². The molecule has 4 aliphatic carbocycles. The molecule has 0 N–H and O–H groups in total. The molecule has 7 heteroatoms. The first kappa shape index (κ1) is 41.2. The van der Waals surface area contributed by atoms with Crippen LogP contribution in [-0.4, -0.2) is 18.0 Å². The number of carbonyl (C=O) groups excluding carboxylic acids is 1. The molecular formula is C42H55O3PS3. The van der Waals surface area contributed by atoms with Crippen molar-refractivity contribution >= 4 is 69.3 Å². The fourth-order valence-corrected chi connectivity index (χ4v) is 12.7. The first-order chi connectivity index (χ1) is 21.3. The van der Waals surface area contributed by atoms with Crippen LogP contribution in [0.4, 0.5) is 0 Å². The van der Waals surface area contributed by atoms with Crippen molar-refractivity contribution in [2.24, 2.45) is 17.3 Å². The summed E-state index contributed by atoms with van der Waals surface area (Å²) in [5.74, 6) is 1.57. The first-order valence-electron chi connectivity index (χ1n) is 16.5. The van der Waals surface area contributed by atoms with E-state index in [4.69, 9.17) is 4.74 Å². The number of carbonyl (C=O) groups is 1. The topological polar surface area (TPSA) is 43.4 Å². The monoisotopic (exact) mass is 734 g/mol. The zero-order chi connectivity index (χ0) is 30.1. The number of ketones is 1. The molecule has 1 aliphatic heterocycles. The molecule has 8 rings (SSSR count). The Hall–Kier alpha value is -2.21. The molecule has 1 heterocycles. The van der Waals surface area contributed by atoms with Crippen LogP contribution >= 0.6 is 47.6 Å². The molecule has 3 aromatic carbocycles. The largest absolute Gasteiger partial charge is 0.370 e. The highest BCUT2D eigenvalue weighted by Gasteiger charge is 2.66. The third-order valence-corrected chi connectivity index (χ3v) is 15.2. The van der Waals surface area contributed by atoms with Gasteiger partial charge in [0.2, 0.25) is 0 Å². The maximum absolute atomic E-state index is 15.1. The van der Waals surface area contributed by atoms with Gasteiger partial charge >= 0.3 is 0 Å². The Morgan fingerprint density at radius 2 is 1.37 bits per heavy atom. The minimum absolute atomic E-state index is 0. The molecule has 5 aliphatic rings. The van der Waals surface area contributed by atoms with Crippen LogP contribution in [0.2, 0.25) is 0 Å². The second-order valence-electron chi connectivity index (χ2n) is 13.9. The number of benzene rings is 3. The van der Waals surface area contributed by atoms with Gasteiger partial charge in [-0.3, -0.25) is 4.79 Å². The van der Waals surface area contributed by atoms with Crippen LogP contribution in [0.1, 0.15) is 84.6 Å². The van der Waals surface area contributed by atoms with E-state index < -0.39 is 7.14 Å². The number of fused-ring (bicyclic) bond motifs is 5. The van der Waals surface area contributed by atoms with Gasteiger partial charge in [-0.2, -0.15) is 40.5 Å². The minimum atomic E-state index is -3.05. The molecule has 49 heavy (non-hydrogen) atoms. The zero-order valence-electron chi connectivity index (χ0n) is 27.1. The Balaban J connectivity index is 0.00000130. The van der Waals surface area contributed by atoms with E-state index in [0.29, 0.717) is 18.3 Å². The Morgan fingerprint density at radius 1 is 0.776 bits per heavy atom. The van der Waals surface area contributed by atoms with Crippen molar-refractivity contribution in [1.29, 1.82) is 0 Å². The van der Waals surface area contributed by atoms with Crippen LogP contribution < -0.4 is 15.9 Å². The lowest BCUT2D eigenvalue weighted by Gasteiger charge is -2.55. The molecule has 1 saturated heterocycles. The van der Waals surface area contributed by atoms with Crippen LogP contribution in [-0.2, 0) is 14.1 Å². The Kier molecular flexibility index (Phi) is 13.1. The first-order valence-corrected chi connectivity index (χ1v) is 18.2. The summed E-state index contributed by atoms with van der Waals surface area (Å²) in [4.78, 5) is 12.5. The van der Waals surface area contributed by atoms with Gasteiger partial charge in [0.05, 0.1) is 12.2 Å². The molecule has 264 valence electrons. The average molecular weight is 735 g/mol. The van der Waals surface area contributed by atoms with Crippen LogP contribution in [0.25, 0.3) is 0 Å². The highest BCUT2D eigenvalue weighted by atomic mass is 32.1. The van der Waals surface area contributed by atoms with Gasteiger partial charge in [0.1, 0.15) is 0 Å². The van der Waals surface area contributed by atoms with Crippen molar-refractivity contribution in [3.05, 3.63) is 125 Å². The van der Waals surface area contributed by atoms with Gasteiger partial charge < -0.3 is 9.30 Å². The summed E-state index contributed by atoms with van der Waals surface area (Å²) < 4.78 is 21.8. The number of rotatable bonds is 4. The van der Waals surface area contributed by atoms with Crippen LogP contribution in [0, 0.1) is 17.3 Å². The molecule has 5 atom stereocenters. The van der Waals surface area contributed by atoms with E-state index in [-0.39, 0.29) is 78.1 Å². The van der Waals surface area contributed by atoms with Crippen LogP contribution in [0.3, 0.4) is 0 Å². The minimum Gasteiger partial charge on any atom is -0.370 e. The lowest BCUT2D eigenvalue weighted by Crippen LogP contribution is -2.52. The van der Waals surface area contributed by atoms with Gasteiger partial charge in [0.15, 0.2) is 12.9 Å². The molecule has 2 saturated carbocycles. The highest BCUT2D eigenvalue weighted by molar-refractivity contribution is 7.85. The summed E-state index contributed by atoms with van der Waals surface area (Å²) in [6, 6.07) is 28.6. The van der Waals surface area contributed by atoms with Gasteiger partial charge in [-0.05, 0) is 85.1 Å². The summed E-state index contributed by atoms with van der Waals surface area (Å²) in [6.07, 6.45) is 9.75. The lowest BCUT2D eigenvalue weighted by molar-refractivity contribution is -0.114. The van der Waals surface area contributed by atoms with E-state index in [9.17, 15) is 4.79 Å². The van der Waals surface area contributed by atoms with Crippen molar-refractivity contribution in [2.75, 3.05) is 6.61 Å². The average Bonchev–Trinajstić information content (AvgIpc) is 3.59. The van der Waals surface area contributed by atoms with E-state index >= 15 is 4.57 Å². The number of ether oxygens (including phenoxy) is 1. The smallest absolute Gasteiger partial charge is 0.171 e. The molecule has 0 amide bonds. The summed E-state index contributed by atoms with van der Waals surface area (Å²) in [5, 5.41) is 2.58. The molecule has 0 aromatic heterocycles. The Morgan fingerprint density at radius 3 is 1.94 bits per heavy atom. The van der Waals surface area contributed by atoms with Crippen molar-refractivity contribution in [3.63, 3.8) is 0 Å². The van der Waals surface area contributed by atoms with Crippen molar-refractivity contribution < 1.29 is 14.1 Å². The van der Waals surface area contributed by atoms with E-state index in [0.717, 1.165) is 61.0 Å². The third-order valence-electron chi connectivity index (χ3n) is 12.1. The molecule has 3 nitrogen and oxygen atoms in total. The van der Waals surface area contributed by atoms with Gasteiger partial charge in [0, 0.05) is 33.7 Å². The van der Waals surface area contributed by atoms with Crippen molar-refractivity contribution in [2.45, 2.75) is 84.7 Å². The molecule has 0 radical (unpaired) electrons. The van der Waals surface area contributed by atoms with E-state index in [1.165, 1.54) is 28.7 Å². The molecule has 0 unspecified atom stereocenters. The maximum Gasteiger partial charge on any atom is 0.171 e. The molecule has 3 fully saturated rings. The normalized spacial score (nSPS) is 28.3. The summed E-state index contributed by atoms with van der Waals surface area (Å²) in [6.45, 7) is 7.86. The van der Waals surface area contributed by atoms with E-state index in [2.05, 4.69) is 37.8 Å². The van der Waals surface area contributed by atoms with Gasteiger partial charge in [-0.25, -0.2) is 0 Å². The Bertz CT molecular complexity index is 1720. The van der Waals surface area contributed by atoms with Gasteiger partial charge in [-0.1, -0.05) is 119 Å². The predicted octanol–water partition coefficient (Wildman–Crippen LogP) is 9.55. The van der Waals surface area contributed by atoms with Gasteiger partial charge in [-0.15, -0.1) is 0 Å². The summed E-state index contributed by atoms with van der Waals surface area (Å²) in [5.41, 5.74) is 6.68. The second-order valence-corrected chi connectivity index (χ2v) is 16.7. The Labute approximate surface area is 315 Å². The van der Waals surface area contributed by atoms with Crippen LogP contribution in [0.15, 0.2) is 120 Å². The zero-order valence-corrected chi connectivity index (χ0v) is 31.0. The SMILES string of the molecule is C.C.C=C1CCO[C@]12CC[C@H]1[C@@H]3CCC4=CC(=O)CCC4=C3[C@@H](c3ccc(P(=O)(c4ccccc4)c4ccccc4)cc3)C[C@@]12C.S.S.S. The molecule has 1 spiro atoms. The van der Waals surface area contributed by atoms with Gasteiger partial charge in [0.25, 0.3) is 0 Å². The fourth-order valence-electron chi connectivity index (χ4n) is 10.1. The number of hydrogen-bond acceptors (Lipinski definition) is 3. The fraction of sp³-hybridized carbons (Fsp3) is 0.405. The maximum atomic E-state index is 15.1. The summed E-state index contributed by atoms with van der Waals surface area (Å²) in [7, 11) is -3.05. The standard InChI is InChI=1S/C40H41O3P.2CH4.3H2S/c1-27-22-24-43-40(27)23-21-37-35-19-15-29-25-30(41)16-20-34(29)38(35)36(26-39(37,40)2)28-13-17-33(18-14-28)44(42,31-9-5-3-6-10-31)32-11-7-4-8-12-32;;;;;/h3-14,17-18,25,35-37H,1,15-16,19-24,26H2,2H3;2*1H4;3*1H2/t35-,36+,37-,39-,40+;;;;;/m0...../s1. The third kappa shape index (κ3) is 6.22. The number of allylic oxidation sites excluding steroid dienone is 4. The predicted molar refractivity (Wildman–Crippen MR) is 223 cm³/mol. The number of hydrogen-bond donors (Lipinski definition) is 0. The summed E-state index contributed by atoms with van der Waals surface area (Å²) >= 11 is 0. The second kappa shape index (κ2) is 15.6. The quantitative estimate of drug-likeness (QED) is 0.198.